The first-order valence-electron chi connectivity index (χ1n) is 10.4. The fourth-order valence-electron chi connectivity index (χ4n) is 3.77. The molecule has 170 valence electrons. The Morgan fingerprint density at radius 1 is 1.10 bits per heavy atom. The molecule has 0 atom stereocenters. The second kappa shape index (κ2) is 8.92. The highest BCUT2D eigenvalue weighted by atomic mass is 32.1. The van der Waals surface area contributed by atoms with Gasteiger partial charge in [-0.15, -0.1) is 22.7 Å². The van der Waals surface area contributed by atoms with E-state index in [1.54, 1.807) is 24.1 Å². The molecule has 1 aliphatic carbocycles. The number of nitrogens with zero attached hydrogens (tertiary/aromatic N) is 1. The first-order chi connectivity index (χ1) is 14.4. The molecule has 1 amide bonds. The molecule has 3 rings (SSSR count). The van der Waals surface area contributed by atoms with Crippen LogP contribution in [-0.4, -0.2) is 46.4 Å². The van der Waals surface area contributed by atoms with E-state index in [-0.39, 0.29) is 12.1 Å². The van der Waals surface area contributed by atoms with E-state index in [2.05, 4.69) is 0 Å². The molecule has 2 aromatic heterocycles. The Morgan fingerprint density at radius 3 is 2.03 bits per heavy atom. The number of thiophene rings is 2. The number of carbonyl (C=O) groups excluding carboxylic acids is 2. The van der Waals surface area contributed by atoms with E-state index >= 15 is 0 Å². The molecule has 0 bridgehead atoms. The number of hydrogen-bond donors (Lipinski definition) is 1. The molecule has 31 heavy (non-hydrogen) atoms. The van der Waals surface area contributed by atoms with Crippen LogP contribution >= 0.6 is 22.7 Å². The van der Waals surface area contributed by atoms with Gasteiger partial charge in [0.2, 0.25) is 5.60 Å². The van der Waals surface area contributed by atoms with Gasteiger partial charge in [0, 0.05) is 13.1 Å². The zero-order chi connectivity index (χ0) is 22.9. The quantitative estimate of drug-likeness (QED) is 0.618. The largest absolute Gasteiger partial charge is 0.457 e. The first-order valence-corrected chi connectivity index (χ1v) is 12.2. The predicted molar refractivity (Wildman–Crippen MR) is 122 cm³/mol. The summed E-state index contributed by atoms with van der Waals surface area (Å²) in [5.41, 5.74) is -3.06. The Balaban J connectivity index is 1.68. The van der Waals surface area contributed by atoms with Crippen molar-refractivity contribution in [3.63, 3.8) is 0 Å². The second-order valence-corrected chi connectivity index (χ2v) is 11.2. The lowest BCUT2D eigenvalue weighted by atomic mass is 9.82. The smallest absolute Gasteiger partial charge is 0.410 e. The number of hydrogen-bond acceptors (Lipinski definition) is 7. The van der Waals surface area contributed by atoms with Crippen LogP contribution in [0.4, 0.5) is 4.79 Å². The van der Waals surface area contributed by atoms with E-state index in [9.17, 15) is 14.7 Å². The Morgan fingerprint density at radius 2 is 1.61 bits per heavy atom. The zero-order valence-electron chi connectivity index (χ0n) is 18.7. The molecular formula is C23H31NO5S2. The van der Waals surface area contributed by atoms with Crippen molar-refractivity contribution in [2.24, 2.45) is 0 Å². The molecule has 8 heteroatoms. The predicted octanol–water partition coefficient (Wildman–Crippen LogP) is 5.16. The number of ether oxygens (including phenoxy) is 2. The van der Waals surface area contributed by atoms with Crippen LogP contribution in [0.2, 0.25) is 0 Å². The minimum absolute atomic E-state index is 0.0232. The number of carbonyl (C=O) groups is 2. The summed E-state index contributed by atoms with van der Waals surface area (Å²) < 4.78 is 11.4. The first kappa shape index (κ1) is 23.8. The van der Waals surface area contributed by atoms with E-state index < -0.39 is 22.8 Å². The van der Waals surface area contributed by atoms with Crippen molar-refractivity contribution >= 4 is 34.7 Å². The minimum Gasteiger partial charge on any atom is -0.457 e. The third-order valence-electron chi connectivity index (χ3n) is 5.63. The normalized spacial score (nSPS) is 22.1. The standard InChI is InChI=1S/C23H31NO5S2/c1-21(2,3)29-20(26)24(5)16-10-12-22(4,13-11-16)28-19(25)23(27,17-8-6-14-30-17)18-9-7-15-31-18/h6-9,14-16,27H,10-13H2,1-5H3/t16-,22-. The highest BCUT2D eigenvalue weighted by Crippen LogP contribution is 2.40. The van der Waals surface area contributed by atoms with Gasteiger partial charge in [-0.25, -0.2) is 9.59 Å². The van der Waals surface area contributed by atoms with Gasteiger partial charge in [0.15, 0.2) is 0 Å². The third-order valence-corrected chi connectivity index (χ3v) is 7.59. The number of aliphatic hydroxyl groups is 1. The van der Waals surface area contributed by atoms with Gasteiger partial charge in [-0.05, 0) is 76.3 Å². The van der Waals surface area contributed by atoms with Crippen molar-refractivity contribution in [1.29, 1.82) is 0 Å². The van der Waals surface area contributed by atoms with Crippen LogP contribution in [0.25, 0.3) is 0 Å². The molecule has 0 unspecified atom stereocenters. The summed E-state index contributed by atoms with van der Waals surface area (Å²) in [5, 5.41) is 15.1. The van der Waals surface area contributed by atoms with Crippen molar-refractivity contribution < 1.29 is 24.2 Å². The Hall–Kier alpha value is -1.90. The van der Waals surface area contributed by atoms with Crippen LogP contribution in [0.1, 0.15) is 63.1 Å². The average Bonchev–Trinajstić information content (AvgIpc) is 3.40. The van der Waals surface area contributed by atoms with Gasteiger partial charge in [-0.1, -0.05) is 12.1 Å². The van der Waals surface area contributed by atoms with Gasteiger partial charge in [0.05, 0.1) is 9.75 Å². The fourth-order valence-corrected chi connectivity index (χ4v) is 5.49. The lowest BCUT2D eigenvalue weighted by Gasteiger charge is -2.41. The van der Waals surface area contributed by atoms with Crippen LogP contribution in [0.15, 0.2) is 35.0 Å². The van der Waals surface area contributed by atoms with Crippen molar-refractivity contribution in [2.75, 3.05) is 7.05 Å². The summed E-state index contributed by atoms with van der Waals surface area (Å²) in [4.78, 5) is 28.4. The maximum Gasteiger partial charge on any atom is 0.410 e. The maximum atomic E-state index is 13.3. The summed E-state index contributed by atoms with van der Waals surface area (Å²) in [5.74, 6) is -0.654. The zero-order valence-corrected chi connectivity index (χ0v) is 20.3. The summed E-state index contributed by atoms with van der Waals surface area (Å²) in [7, 11) is 1.75. The summed E-state index contributed by atoms with van der Waals surface area (Å²) in [6, 6.07) is 7.15. The van der Waals surface area contributed by atoms with Gasteiger partial charge in [-0.2, -0.15) is 0 Å². The molecule has 0 aliphatic heterocycles. The van der Waals surface area contributed by atoms with Crippen LogP contribution in [0.5, 0.6) is 0 Å². The van der Waals surface area contributed by atoms with Gasteiger partial charge in [-0.3, -0.25) is 0 Å². The Bertz CT molecular complexity index is 843. The Labute approximate surface area is 191 Å². The summed E-state index contributed by atoms with van der Waals surface area (Å²) in [6.07, 6.45) is 2.23. The summed E-state index contributed by atoms with van der Waals surface area (Å²) in [6.45, 7) is 7.44. The van der Waals surface area contributed by atoms with Crippen LogP contribution in [0, 0.1) is 0 Å². The third kappa shape index (κ3) is 5.30. The van der Waals surface area contributed by atoms with Crippen LogP contribution in [-0.2, 0) is 19.9 Å². The lowest BCUT2D eigenvalue weighted by molar-refractivity contribution is -0.180. The summed E-state index contributed by atoms with van der Waals surface area (Å²) >= 11 is 2.65. The molecule has 2 aromatic rings. The van der Waals surface area contributed by atoms with Crippen molar-refractivity contribution in [1.82, 2.24) is 4.90 Å². The monoisotopic (exact) mass is 465 g/mol. The lowest BCUT2D eigenvalue weighted by Crippen LogP contribution is -2.48. The van der Waals surface area contributed by atoms with Crippen molar-refractivity contribution in [2.45, 2.75) is 76.2 Å². The van der Waals surface area contributed by atoms with Gasteiger partial charge in [0.25, 0.3) is 0 Å². The van der Waals surface area contributed by atoms with Crippen molar-refractivity contribution in [3.05, 3.63) is 44.8 Å². The average molecular weight is 466 g/mol. The minimum atomic E-state index is -1.81. The second-order valence-electron chi connectivity index (χ2n) is 9.33. The number of esters is 1. The van der Waals surface area contributed by atoms with Gasteiger partial charge >= 0.3 is 12.1 Å². The molecule has 1 N–H and O–H groups in total. The molecule has 0 aromatic carbocycles. The van der Waals surface area contributed by atoms with E-state index in [1.165, 1.54) is 22.7 Å². The number of amides is 1. The molecule has 1 fully saturated rings. The van der Waals surface area contributed by atoms with Crippen LogP contribution < -0.4 is 0 Å². The molecule has 6 nitrogen and oxygen atoms in total. The van der Waals surface area contributed by atoms with Gasteiger partial charge in [0.1, 0.15) is 11.2 Å². The fraction of sp³-hybridized carbons (Fsp3) is 0.565. The highest BCUT2D eigenvalue weighted by Gasteiger charge is 2.47. The molecule has 1 aliphatic rings. The highest BCUT2D eigenvalue weighted by molar-refractivity contribution is 7.12. The van der Waals surface area contributed by atoms with Gasteiger partial charge < -0.3 is 19.5 Å². The maximum absolute atomic E-state index is 13.3. The topological polar surface area (TPSA) is 76.1 Å². The SMILES string of the molecule is CN(C(=O)OC(C)(C)C)[C@H]1CC[C@](C)(OC(=O)C(O)(c2cccs2)c2cccs2)CC1. The Kier molecular flexibility index (Phi) is 6.84. The van der Waals surface area contributed by atoms with E-state index in [0.29, 0.717) is 35.4 Å². The van der Waals surface area contributed by atoms with E-state index in [4.69, 9.17) is 9.47 Å². The van der Waals surface area contributed by atoms with Crippen LogP contribution in [0.3, 0.4) is 0 Å². The van der Waals surface area contributed by atoms with Crippen molar-refractivity contribution in [3.8, 4) is 0 Å². The van der Waals surface area contributed by atoms with E-state index in [1.807, 2.05) is 50.6 Å². The van der Waals surface area contributed by atoms with E-state index in [0.717, 1.165) is 0 Å². The molecule has 1 saturated carbocycles. The molecule has 0 spiro atoms. The number of rotatable bonds is 5. The molecule has 0 radical (unpaired) electrons. The molecular weight excluding hydrogens is 434 g/mol. The molecule has 0 saturated heterocycles. The molecule has 2 heterocycles.